The van der Waals surface area contributed by atoms with Crippen LogP contribution in [0.25, 0.3) is 0 Å². The minimum absolute atomic E-state index is 0.0463. The first kappa shape index (κ1) is 18.5. The van der Waals surface area contributed by atoms with Crippen LogP contribution in [0.3, 0.4) is 0 Å². The van der Waals surface area contributed by atoms with Crippen LogP contribution in [0.1, 0.15) is 44.1 Å². The lowest BCUT2D eigenvalue weighted by molar-refractivity contribution is -0.132. The Morgan fingerprint density at radius 1 is 1.40 bits per heavy atom. The molecular weight excluding hydrogens is 338 g/mol. The number of rotatable bonds is 5. The van der Waals surface area contributed by atoms with Gasteiger partial charge in [0.25, 0.3) is 0 Å². The van der Waals surface area contributed by atoms with E-state index in [1.54, 1.807) is 7.11 Å². The first-order valence-electron chi connectivity index (χ1n) is 9.08. The Bertz CT molecular complexity index is 609. The molecule has 3 rings (SSSR count). The predicted octanol–water partition coefficient (Wildman–Crippen LogP) is 2.74. The van der Waals surface area contributed by atoms with Gasteiger partial charge in [0.05, 0.1) is 7.11 Å². The molecule has 6 heteroatoms. The fourth-order valence-corrected chi connectivity index (χ4v) is 4.02. The van der Waals surface area contributed by atoms with E-state index in [1.807, 2.05) is 17.0 Å². The molecule has 0 saturated carbocycles. The quantitative estimate of drug-likeness (QED) is 0.842. The van der Waals surface area contributed by atoms with Crippen LogP contribution >= 0.6 is 11.6 Å². The summed E-state index contributed by atoms with van der Waals surface area (Å²) in [6, 6.07) is 5.85. The van der Waals surface area contributed by atoms with E-state index < -0.39 is 0 Å². The van der Waals surface area contributed by atoms with E-state index in [2.05, 4.69) is 23.6 Å². The highest BCUT2D eigenvalue weighted by atomic mass is 35.5. The third-order valence-corrected chi connectivity index (χ3v) is 5.76. The topological polar surface area (TPSA) is 53.6 Å². The first-order chi connectivity index (χ1) is 12.0. The fraction of sp³-hybridized carbons (Fsp3) is 0.632. The summed E-state index contributed by atoms with van der Waals surface area (Å²) in [7, 11) is 1.68. The molecule has 0 radical (unpaired) electrons. The van der Waals surface area contributed by atoms with Gasteiger partial charge in [-0.25, -0.2) is 0 Å². The third kappa shape index (κ3) is 4.46. The number of piperidine rings is 1. The van der Waals surface area contributed by atoms with Gasteiger partial charge in [-0.05, 0) is 49.8 Å². The summed E-state index contributed by atoms with van der Waals surface area (Å²) in [6.45, 7) is 5.58. The van der Waals surface area contributed by atoms with E-state index in [0.29, 0.717) is 17.4 Å². The molecule has 2 aliphatic heterocycles. The van der Waals surface area contributed by atoms with Crippen LogP contribution in [0.5, 0.6) is 5.75 Å². The summed E-state index contributed by atoms with van der Waals surface area (Å²) in [5.74, 6) is 1.55. The number of carbonyl (C=O) groups is 1. The van der Waals surface area contributed by atoms with Crippen molar-refractivity contribution in [1.29, 1.82) is 0 Å². The van der Waals surface area contributed by atoms with Gasteiger partial charge in [-0.2, -0.15) is 0 Å². The van der Waals surface area contributed by atoms with Crippen molar-refractivity contribution in [3.8, 4) is 5.75 Å². The number of nitrogens with one attached hydrogen (secondary N) is 2. The van der Waals surface area contributed by atoms with Crippen LogP contribution in [0.4, 0.5) is 0 Å². The number of amides is 1. The van der Waals surface area contributed by atoms with Gasteiger partial charge in [0.2, 0.25) is 5.91 Å². The molecule has 1 unspecified atom stereocenters. The normalized spacial score (nSPS) is 24.5. The van der Waals surface area contributed by atoms with Gasteiger partial charge in [0.15, 0.2) is 0 Å². The molecule has 0 aromatic heterocycles. The van der Waals surface area contributed by atoms with Gasteiger partial charge < -0.3 is 15.0 Å². The van der Waals surface area contributed by atoms with Crippen molar-refractivity contribution in [3.63, 3.8) is 0 Å². The van der Waals surface area contributed by atoms with Crippen LogP contribution in [0.2, 0.25) is 5.02 Å². The Balaban J connectivity index is 1.52. The molecule has 1 amide bonds. The Morgan fingerprint density at radius 2 is 2.16 bits per heavy atom. The van der Waals surface area contributed by atoms with Gasteiger partial charge in [-0.3, -0.25) is 10.1 Å². The maximum Gasteiger partial charge on any atom is 0.222 e. The van der Waals surface area contributed by atoms with Gasteiger partial charge in [-0.15, -0.1) is 0 Å². The Labute approximate surface area is 155 Å². The highest BCUT2D eigenvalue weighted by molar-refractivity contribution is 6.30. The molecule has 1 aromatic carbocycles. The molecule has 1 atom stereocenters. The Kier molecular flexibility index (Phi) is 5.87. The van der Waals surface area contributed by atoms with E-state index in [4.69, 9.17) is 16.3 Å². The molecule has 1 aromatic rings. The molecule has 2 fully saturated rings. The first-order valence-corrected chi connectivity index (χ1v) is 9.45. The van der Waals surface area contributed by atoms with Gasteiger partial charge >= 0.3 is 0 Å². The summed E-state index contributed by atoms with van der Waals surface area (Å²) >= 11 is 6.06. The van der Waals surface area contributed by atoms with Gasteiger partial charge in [-0.1, -0.05) is 17.7 Å². The zero-order valence-electron chi connectivity index (χ0n) is 15.1. The third-order valence-electron chi connectivity index (χ3n) is 5.53. The Hall–Kier alpha value is -1.30. The zero-order valence-corrected chi connectivity index (χ0v) is 15.9. The lowest BCUT2D eigenvalue weighted by atomic mass is 9.88. The van der Waals surface area contributed by atoms with Gasteiger partial charge in [0, 0.05) is 43.3 Å². The molecular formula is C19H28ClN3O2. The average Bonchev–Trinajstić information content (AvgIpc) is 3.07. The van der Waals surface area contributed by atoms with Crippen molar-refractivity contribution in [1.82, 2.24) is 15.5 Å². The van der Waals surface area contributed by atoms with Crippen molar-refractivity contribution in [2.24, 2.45) is 0 Å². The highest BCUT2D eigenvalue weighted by Crippen LogP contribution is 2.36. The van der Waals surface area contributed by atoms with E-state index >= 15 is 0 Å². The minimum Gasteiger partial charge on any atom is -0.496 e. The molecule has 25 heavy (non-hydrogen) atoms. The number of halogens is 1. The second kappa shape index (κ2) is 7.94. The monoisotopic (exact) mass is 365 g/mol. The second-order valence-corrected chi connectivity index (χ2v) is 7.82. The number of benzene rings is 1. The number of hydrogen-bond donors (Lipinski definition) is 2. The van der Waals surface area contributed by atoms with Crippen LogP contribution in [0, 0.1) is 0 Å². The van der Waals surface area contributed by atoms with E-state index in [9.17, 15) is 4.79 Å². The maximum absolute atomic E-state index is 12.5. The number of carbonyl (C=O) groups excluding carboxylic acids is 1. The summed E-state index contributed by atoms with van der Waals surface area (Å²) in [6.07, 6.45) is 3.44. The predicted molar refractivity (Wildman–Crippen MR) is 100 cm³/mol. The largest absolute Gasteiger partial charge is 0.496 e. The molecule has 2 saturated heterocycles. The van der Waals surface area contributed by atoms with Crippen LogP contribution < -0.4 is 15.4 Å². The molecule has 0 spiro atoms. The molecule has 2 heterocycles. The number of methoxy groups -OCH3 is 1. The minimum atomic E-state index is 0.0463. The molecule has 2 aliphatic rings. The molecule has 2 N–H and O–H groups in total. The summed E-state index contributed by atoms with van der Waals surface area (Å²) in [5.41, 5.74) is 1.25. The Morgan fingerprint density at radius 3 is 2.80 bits per heavy atom. The maximum atomic E-state index is 12.5. The summed E-state index contributed by atoms with van der Waals surface area (Å²) in [4.78, 5) is 14.6. The number of nitrogens with zero attached hydrogens (tertiary/aromatic N) is 1. The summed E-state index contributed by atoms with van der Waals surface area (Å²) < 4.78 is 5.48. The molecule has 5 nitrogen and oxygen atoms in total. The van der Waals surface area contributed by atoms with Crippen molar-refractivity contribution in [2.45, 2.75) is 44.1 Å². The standard InChI is InChI=1S/C19H28ClN3O2/c1-19(12-21-13-22-19)8-5-18(24)23-9-6-14(7-10-23)16-4-3-15(20)11-17(16)25-2/h3-4,11,14,21-22H,5-10,12-13H2,1-2H3. The lowest BCUT2D eigenvalue weighted by Crippen LogP contribution is -2.42. The molecule has 138 valence electrons. The number of ether oxygens (including phenoxy) is 1. The van der Waals surface area contributed by atoms with Crippen molar-refractivity contribution in [2.75, 3.05) is 33.4 Å². The molecule has 0 bridgehead atoms. The highest BCUT2D eigenvalue weighted by Gasteiger charge is 2.30. The lowest BCUT2D eigenvalue weighted by Gasteiger charge is -2.33. The van der Waals surface area contributed by atoms with Crippen molar-refractivity contribution >= 4 is 17.5 Å². The number of likely N-dealkylation sites (tertiary alicyclic amines) is 1. The fourth-order valence-electron chi connectivity index (χ4n) is 3.86. The van der Waals surface area contributed by atoms with Crippen LogP contribution in [-0.4, -0.2) is 49.8 Å². The van der Waals surface area contributed by atoms with E-state index in [0.717, 1.165) is 51.3 Å². The van der Waals surface area contributed by atoms with E-state index in [-0.39, 0.29) is 11.4 Å². The van der Waals surface area contributed by atoms with Crippen molar-refractivity contribution in [3.05, 3.63) is 28.8 Å². The van der Waals surface area contributed by atoms with Crippen molar-refractivity contribution < 1.29 is 9.53 Å². The number of hydrogen-bond acceptors (Lipinski definition) is 4. The van der Waals surface area contributed by atoms with Crippen LogP contribution in [0.15, 0.2) is 18.2 Å². The molecule has 0 aliphatic carbocycles. The average molecular weight is 366 g/mol. The van der Waals surface area contributed by atoms with Crippen LogP contribution in [-0.2, 0) is 4.79 Å². The zero-order chi connectivity index (χ0) is 17.9. The SMILES string of the molecule is COc1cc(Cl)ccc1C1CCN(C(=O)CCC2(C)CNCN2)CC1. The smallest absolute Gasteiger partial charge is 0.222 e. The second-order valence-electron chi connectivity index (χ2n) is 7.38. The van der Waals surface area contributed by atoms with Gasteiger partial charge in [0.1, 0.15) is 5.75 Å². The summed E-state index contributed by atoms with van der Waals surface area (Å²) in [5, 5.41) is 7.42. The van der Waals surface area contributed by atoms with E-state index in [1.165, 1.54) is 5.56 Å².